The first-order valence-electron chi connectivity index (χ1n) is 5.30. The minimum atomic E-state index is -1.21. The molecule has 98 valence electrons. The number of carbonyl (C=O) groups excluding carboxylic acids is 1. The zero-order valence-electron chi connectivity index (χ0n) is 9.88. The third kappa shape index (κ3) is 3.06. The lowest BCUT2D eigenvalue weighted by Gasteiger charge is -2.26. The quantitative estimate of drug-likeness (QED) is 0.584. The molecule has 0 spiro atoms. The highest BCUT2D eigenvalue weighted by Gasteiger charge is 2.26. The highest BCUT2D eigenvalue weighted by molar-refractivity contribution is 6.05. The van der Waals surface area contributed by atoms with Gasteiger partial charge in [-0.25, -0.2) is 4.79 Å². The maximum absolute atomic E-state index is 11.9. The fourth-order valence-corrected chi connectivity index (χ4v) is 1.34. The Kier molecular flexibility index (Phi) is 4.41. The van der Waals surface area contributed by atoms with E-state index < -0.39 is 30.6 Å². The van der Waals surface area contributed by atoms with Crippen LogP contribution in [0.5, 0.6) is 0 Å². The maximum Gasteiger partial charge on any atom is 0.336 e. The first-order valence-corrected chi connectivity index (χ1v) is 5.30. The lowest BCUT2D eigenvalue weighted by Crippen LogP contribution is -2.52. The van der Waals surface area contributed by atoms with E-state index in [9.17, 15) is 9.59 Å². The summed E-state index contributed by atoms with van der Waals surface area (Å²) in [5.74, 6) is -1.87. The van der Waals surface area contributed by atoms with E-state index in [1.807, 2.05) is 0 Å². The number of nitrogens with one attached hydrogen (secondary N) is 1. The Morgan fingerprint density at radius 1 is 1.17 bits per heavy atom. The average molecular weight is 253 g/mol. The molecule has 1 rings (SSSR count). The molecular formula is C12H15NO5. The lowest BCUT2D eigenvalue weighted by atomic mass is 10.0. The summed E-state index contributed by atoms with van der Waals surface area (Å²) in [7, 11) is 0. The fourth-order valence-electron chi connectivity index (χ4n) is 1.34. The van der Waals surface area contributed by atoms with E-state index >= 15 is 0 Å². The molecule has 0 heterocycles. The Bertz CT molecular complexity index is 454. The van der Waals surface area contributed by atoms with Crippen molar-refractivity contribution in [1.82, 2.24) is 5.32 Å². The van der Waals surface area contributed by atoms with Crippen LogP contribution in [-0.4, -0.2) is 45.9 Å². The number of aliphatic hydroxyl groups excluding tert-OH is 2. The molecule has 6 heteroatoms. The minimum absolute atomic E-state index is 0.0156. The molecule has 0 aliphatic rings. The molecule has 1 amide bonds. The normalized spacial score (nSPS) is 11.1. The summed E-state index contributed by atoms with van der Waals surface area (Å²) in [6, 6.07) is 5.73. The minimum Gasteiger partial charge on any atom is -0.478 e. The smallest absolute Gasteiger partial charge is 0.336 e. The van der Waals surface area contributed by atoms with Gasteiger partial charge in [0.1, 0.15) is 0 Å². The van der Waals surface area contributed by atoms with Crippen LogP contribution in [0.2, 0.25) is 0 Å². The molecule has 0 fully saturated rings. The second-order valence-electron chi connectivity index (χ2n) is 4.18. The summed E-state index contributed by atoms with van der Waals surface area (Å²) in [5.41, 5.74) is -1.34. The van der Waals surface area contributed by atoms with Crippen molar-refractivity contribution in [3.63, 3.8) is 0 Å². The van der Waals surface area contributed by atoms with Gasteiger partial charge in [-0.2, -0.15) is 0 Å². The van der Waals surface area contributed by atoms with Crippen LogP contribution < -0.4 is 5.32 Å². The van der Waals surface area contributed by atoms with E-state index in [-0.39, 0.29) is 11.1 Å². The summed E-state index contributed by atoms with van der Waals surface area (Å²) in [4.78, 5) is 22.9. The molecule has 0 bridgehead atoms. The first kappa shape index (κ1) is 14.1. The van der Waals surface area contributed by atoms with Crippen LogP contribution in [0.1, 0.15) is 27.6 Å². The van der Waals surface area contributed by atoms with Crippen LogP contribution in [-0.2, 0) is 0 Å². The number of amides is 1. The topological polar surface area (TPSA) is 107 Å². The number of carboxylic acid groups (broad SMARTS) is 1. The third-order valence-electron chi connectivity index (χ3n) is 2.52. The van der Waals surface area contributed by atoms with Gasteiger partial charge in [0.15, 0.2) is 0 Å². The standard InChI is InChI=1S/C12H15NO5/c1-12(6-14,7-15)13-10(16)8-4-2-3-5-9(8)11(17)18/h2-5,14-15H,6-7H2,1H3,(H,13,16)(H,17,18). The molecule has 0 saturated heterocycles. The second-order valence-corrected chi connectivity index (χ2v) is 4.18. The van der Waals surface area contributed by atoms with Crippen molar-refractivity contribution < 1.29 is 24.9 Å². The molecule has 0 radical (unpaired) electrons. The maximum atomic E-state index is 11.9. The summed E-state index contributed by atoms with van der Waals surface area (Å²) < 4.78 is 0. The monoisotopic (exact) mass is 253 g/mol. The summed E-state index contributed by atoms with van der Waals surface area (Å²) in [5, 5.41) is 29.5. The molecule has 18 heavy (non-hydrogen) atoms. The van der Waals surface area contributed by atoms with Gasteiger partial charge in [-0.15, -0.1) is 0 Å². The van der Waals surface area contributed by atoms with Crippen LogP contribution >= 0.6 is 0 Å². The van der Waals surface area contributed by atoms with Gasteiger partial charge in [0.2, 0.25) is 0 Å². The van der Waals surface area contributed by atoms with Crippen LogP contribution in [0, 0.1) is 0 Å². The zero-order valence-corrected chi connectivity index (χ0v) is 9.88. The van der Waals surface area contributed by atoms with E-state index in [0.717, 1.165) is 0 Å². The number of carbonyl (C=O) groups is 2. The van der Waals surface area contributed by atoms with Crippen LogP contribution in [0.4, 0.5) is 0 Å². The Hall–Kier alpha value is -1.92. The van der Waals surface area contributed by atoms with E-state index in [4.69, 9.17) is 15.3 Å². The molecule has 6 nitrogen and oxygen atoms in total. The SMILES string of the molecule is CC(CO)(CO)NC(=O)c1ccccc1C(=O)O. The lowest BCUT2D eigenvalue weighted by molar-refractivity contribution is 0.0673. The predicted octanol–water partition coefficient (Wildman–Crippen LogP) is -0.142. The number of benzene rings is 1. The molecule has 0 aliphatic heterocycles. The molecule has 1 aromatic rings. The number of aromatic carboxylic acids is 1. The highest BCUT2D eigenvalue weighted by atomic mass is 16.4. The summed E-state index contributed by atoms with van der Waals surface area (Å²) in [6.45, 7) is 0.545. The number of rotatable bonds is 5. The molecular weight excluding hydrogens is 238 g/mol. The summed E-state index contributed by atoms with van der Waals surface area (Å²) in [6.07, 6.45) is 0. The second kappa shape index (κ2) is 5.61. The van der Waals surface area contributed by atoms with Crippen molar-refractivity contribution in [1.29, 1.82) is 0 Å². The van der Waals surface area contributed by atoms with Crippen LogP contribution in [0.3, 0.4) is 0 Å². The van der Waals surface area contributed by atoms with E-state index in [1.165, 1.54) is 31.2 Å². The van der Waals surface area contributed by atoms with E-state index in [1.54, 1.807) is 0 Å². The molecule has 1 aromatic carbocycles. The number of aliphatic hydroxyl groups is 2. The van der Waals surface area contributed by atoms with Crippen molar-refractivity contribution in [3.05, 3.63) is 35.4 Å². The van der Waals surface area contributed by atoms with Crippen molar-refractivity contribution in [2.24, 2.45) is 0 Å². The molecule has 0 saturated carbocycles. The Labute approximate surface area is 104 Å². The van der Waals surface area contributed by atoms with Gasteiger partial charge in [0.05, 0.1) is 29.9 Å². The van der Waals surface area contributed by atoms with Gasteiger partial charge in [-0.3, -0.25) is 4.79 Å². The van der Waals surface area contributed by atoms with Gasteiger partial charge in [0, 0.05) is 0 Å². The Balaban J connectivity index is 3.01. The highest BCUT2D eigenvalue weighted by Crippen LogP contribution is 2.11. The summed E-state index contributed by atoms with van der Waals surface area (Å²) >= 11 is 0. The number of hydrogen-bond donors (Lipinski definition) is 4. The van der Waals surface area contributed by atoms with Crippen LogP contribution in [0.15, 0.2) is 24.3 Å². The van der Waals surface area contributed by atoms with Crippen molar-refractivity contribution in [2.75, 3.05) is 13.2 Å². The molecule has 0 atom stereocenters. The number of carboxylic acids is 1. The van der Waals surface area contributed by atoms with E-state index in [0.29, 0.717) is 0 Å². The van der Waals surface area contributed by atoms with Gasteiger partial charge < -0.3 is 20.6 Å². The Morgan fingerprint density at radius 3 is 2.11 bits per heavy atom. The average Bonchev–Trinajstić information content (AvgIpc) is 2.38. The first-order chi connectivity index (χ1) is 8.43. The van der Waals surface area contributed by atoms with Crippen LogP contribution in [0.25, 0.3) is 0 Å². The molecule has 0 unspecified atom stereocenters. The molecule has 0 aromatic heterocycles. The van der Waals surface area contributed by atoms with Crippen molar-refractivity contribution in [3.8, 4) is 0 Å². The zero-order chi connectivity index (χ0) is 13.8. The van der Waals surface area contributed by atoms with E-state index in [2.05, 4.69) is 5.32 Å². The van der Waals surface area contributed by atoms with Crippen molar-refractivity contribution in [2.45, 2.75) is 12.5 Å². The predicted molar refractivity (Wildman–Crippen MR) is 63.4 cm³/mol. The molecule has 4 N–H and O–H groups in total. The Morgan fingerprint density at radius 2 is 1.67 bits per heavy atom. The third-order valence-corrected chi connectivity index (χ3v) is 2.52. The molecule has 0 aliphatic carbocycles. The number of hydrogen-bond acceptors (Lipinski definition) is 4. The van der Waals surface area contributed by atoms with Gasteiger partial charge in [-0.1, -0.05) is 12.1 Å². The van der Waals surface area contributed by atoms with Crippen molar-refractivity contribution >= 4 is 11.9 Å². The fraction of sp³-hybridized carbons (Fsp3) is 0.333. The van der Waals surface area contributed by atoms with Gasteiger partial charge in [0.25, 0.3) is 5.91 Å². The van der Waals surface area contributed by atoms with Gasteiger partial charge in [-0.05, 0) is 19.1 Å². The van der Waals surface area contributed by atoms with Gasteiger partial charge >= 0.3 is 5.97 Å². The largest absolute Gasteiger partial charge is 0.478 e.